The van der Waals surface area contributed by atoms with Crippen molar-refractivity contribution in [2.24, 2.45) is 0 Å². The Balaban J connectivity index is 1.75. The number of halogens is 3. The molecule has 0 atom stereocenters. The second-order valence-corrected chi connectivity index (χ2v) is 9.25. The highest BCUT2D eigenvalue weighted by Gasteiger charge is 2.31. The number of hydrogen-bond donors (Lipinski definition) is 0. The Morgan fingerprint density at radius 1 is 1.13 bits per heavy atom. The van der Waals surface area contributed by atoms with E-state index in [-0.39, 0.29) is 36.3 Å². The Morgan fingerprint density at radius 3 is 2.39 bits per heavy atom. The molecule has 0 saturated heterocycles. The van der Waals surface area contributed by atoms with Gasteiger partial charge in [0.2, 0.25) is 5.91 Å². The number of fused-ring (bicyclic) bond motifs is 1. The summed E-state index contributed by atoms with van der Waals surface area (Å²) in [6, 6.07) is 12.2. The Kier molecular flexibility index (Phi) is 6.25. The summed E-state index contributed by atoms with van der Waals surface area (Å²) in [6.07, 6.45) is -3.68. The Labute approximate surface area is 177 Å². The fourth-order valence-electron chi connectivity index (χ4n) is 3.06. The lowest BCUT2D eigenvalue weighted by Crippen LogP contribution is -2.30. The maximum atomic E-state index is 12.8. The van der Waals surface area contributed by atoms with Gasteiger partial charge in [0.25, 0.3) is 0 Å². The summed E-state index contributed by atoms with van der Waals surface area (Å²) in [4.78, 5) is 18.5. The summed E-state index contributed by atoms with van der Waals surface area (Å²) in [7, 11) is -1.82. The number of alkyl halides is 3. The van der Waals surface area contributed by atoms with E-state index < -0.39 is 16.2 Å². The summed E-state index contributed by atoms with van der Waals surface area (Å²) in [5, 5.41) is 0. The lowest BCUT2D eigenvalue weighted by molar-refractivity contribution is -0.274. The minimum absolute atomic E-state index is 0.128. The predicted molar refractivity (Wildman–Crippen MR) is 108 cm³/mol. The molecule has 1 heterocycles. The van der Waals surface area contributed by atoms with Gasteiger partial charge in [0.1, 0.15) is 23.9 Å². The average Bonchev–Trinajstić information content (AvgIpc) is 2.97. The van der Waals surface area contributed by atoms with Crippen LogP contribution in [0.1, 0.15) is 11.4 Å². The first kappa shape index (κ1) is 22.6. The van der Waals surface area contributed by atoms with Gasteiger partial charge in [-0.25, -0.2) is 13.4 Å². The molecule has 0 N–H and O–H groups in total. The Morgan fingerprint density at radius 2 is 1.77 bits per heavy atom. The van der Waals surface area contributed by atoms with E-state index in [1.165, 1.54) is 29.2 Å². The summed E-state index contributed by atoms with van der Waals surface area (Å²) >= 11 is 0. The molecule has 31 heavy (non-hydrogen) atoms. The molecule has 11 heteroatoms. The minimum Gasteiger partial charge on any atom is -0.406 e. The first-order valence-electron chi connectivity index (χ1n) is 9.12. The maximum absolute atomic E-state index is 12.8. The first-order chi connectivity index (χ1) is 14.4. The number of para-hydroxylation sites is 2. The zero-order valence-corrected chi connectivity index (χ0v) is 17.6. The molecule has 0 radical (unpaired) electrons. The van der Waals surface area contributed by atoms with Crippen molar-refractivity contribution in [3.63, 3.8) is 0 Å². The fourth-order valence-corrected chi connectivity index (χ4v) is 3.75. The second kappa shape index (κ2) is 8.58. The molecule has 0 fully saturated rings. The van der Waals surface area contributed by atoms with Gasteiger partial charge in [-0.2, -0.15) is 0 Å². The maximum Gasteiger partial charge on any atom is 0.573 e. The monoisotopic (exact) mass is 455 g/mol. The summed E-state index contributed by atoms with van der Waals surface area (Å²) in [5.74, 6) is -0.701. The van der Waals surface area contributed by atoms with Gasteiger partial charge in [0.05, 0.1) is 11.0 Å². The van der Waals surface area contributed by atoms with Crippen LogP contribution in [0.2, 0.25) is 0 Å². The van der Waals surface area contributed by atoms with Crippen molar-refractivity contribution in [1.82, 2.24) is 14.5 Å². The molecule has 0 bridgehead atoms. The topological polar surface area (TPSA) is 81.5 Å². The Hall–Kier alpha value is -3.08. The van der Waals surface area contributed by atoms with Gasteiger partial charge in [0, 0.05) is 19.8 Å². The SMILES string of the molecule is CN(Cc1ccc(OC(F)(F)F)cc1)C(=O)Cn1c(CS(C)(=O)=O)nc2ccccc21. The minimum atomic E-state index is -4.77. The van der Waals surface area contributed by atoms with Crippen LogP contribution < -0.4 is 4.74 Å². The molecule has 1 amide bonds. The van der Waals surface area contributed by atoms with Crippen LogP contribution in [0.3, 0.4) is 0 Å². The number of amides is 1. The van der Waals surface area contributed by atoms with Gasteiger partial charge in [-0.1, -0.05) is 24.3 Å². The quantitative estimate of drug-likeness (QED) is 0.547. The fraction of sp³-hybridized carbons (Fsp3) is 0.300. The van der Waals surface area contributed by atoms with Gasteiger partial charge in [0.15, 0.2) is 9.84 Å². The predicted octanol–water partition coefficient (Wildman–Crippen LogP) is 3.14. The molecule has 1 aromatic heterocycles. The number of likely N-dealkylation sites (N-methyl/N-ethyl adjacent to an activating group) is 1. The molecule has 0 aliphatic carbocycles. The number of carbonyl (C=O) groups excluding carboxylic acids is 1. The molecule has 3 aromatic rings. The van der Waals surface area contributed by atoms with E-state index in [9.17, 15) is 26.4 Å². The number of hydrogen-bond acceptors (Lipinski definition) is 5. The molecule has 0 spiro atoms. The molecule has 0 unspecified atom stereocenters. The third-order valence-electron chi connectivity index (χ3n) is 4.42. The number of benzene rings is 2. The molecular formula is C20H20F3N3O4S. The molecular weight excluding hydrogens is 435 g/mol. The van der Waals surface area contributed by atoms with Crippen molar-refractivity contribution in [2.45, 2.75) is 25.2 Å². The van der Waals surface area contributed by atoms with Gasteiger partial charge >= 0.3 is 6.36 Å². The highest BCUT2D eigenvalue weighted by molar-refractivity contribution is 7.89. The van der Waals surface area contributed by atoms with Crippen molar-refractivity contribution < 1.29 is 31.1 Å². The largest absolute Gasteiger partial charge is 0.573 e. The van der Waals surface area contributed by atoms with E-state index in [1.54, 1.807) is 35.9 Å². The van der Waals surface area contributed by atoms with Crippen molar-refractivity contribution >= 4 is 26.8 Å². The van der Waals surface area contributed by atoms with Crippen LogP contribution in [0, 0.1) is 0 Å². The van der Waals surface area contributed by atoms with Gasteiger partial charge < -0.3 is 14.2 Å². The summed E-state index contributed by atoms with van der Waals surface area (Å²) in [5.41, 5.74) is 1.82. The van der Waals surface area contributed by atoms with E-state index >= 15 is 0 Å². The van der Waals surface area contributed by atoms with Crippen LogP contribution in [-0.2, 0) is 33.5 Å². The second-order valence-electron chi connectivity index (χ2n) is 7.11. The highest BCUT2D eigenvalue weighted by atomic mass is 32.2. The van der Waals surface area contributed by atoms with Gasteiger partial charge in [-0.05, 0) is 29.8 Å². The summed E-state index contributed by atoms with van der Waals surface area (Å²) < 4.78 is 65.7. The van der Waals surface area contributed by atoms with E-state index in [2.05, 4.69) is 9.72 Å². The smallest absolute Gasteiger partial charge is 0.406 e. The van der Waals surface area contributed by atoms with Crippen LogP contribution in [0.5, 0.6) is 5.75 Å². The van der Waals surface area contributed by atoms with Crippen LogP contribution in [0.15, 0.2) is 48.5 Å². The van der Waals surface area contributed by atoms with Crippen molar-refractivity contribution in [3.05, 3.63) is 59.9 Å². The molecule has 0 saturated carbocycles. The number of imidazole rings is 1. The summed E-state index contributed by atoms with van der Waals surface area (Å²) in [6.45, 7) is 0.0241. The molecule has 3 rings (SSSR count). The molecule has 2 aromatic carbocycles. The number of nitrogens with zero attached hydrogens (tertiary/aromatic N) is 3. The van der Waals surface area contributed by atoms with Crippen molar-refractivity contribution in [1.29, 1.82) is 0 Å². The number of ether oxygens (including phenoxy) is 1. The van der Waals surface area contributed by atoms with Crippen LogP contribution >= 0.6 is 0 Å². The first-order valence-corrected chi connectivity index (χ1v) is 11.2. The molecule has 0 aliphatic rings. The standard InChI is InChI=1S/C20H20F3N3O4S/c1-25(11-14-7-9-15(10-8-14)30-20(21,22)23)19(27)12-26-17-6-4-3-5-16(17)24-18(26)13-31(2,28)29/h3-10H,11-13H2,1-2H3. The number of carbonyl (C=O) groups is 1. The zero-order chi connectivity index (χ0) is 22.8. The van der Waals surface area contributed by atoms with Crippen molar-refractivity contribution in [3.8, 4) is 5.75 Å². The van der Waals surface area contributed by atoms with Crippen molar-refractivity contribution in [2.75, 3.05) is 13.3 Å². The third kappa shape index (κ3) is 6.20. The number of aromatic nitrogens is 2. The normalized spacial score (nSPS) is 12.2. The van der Waals surface area contributed by atoms with Gasteiger partial charge in [-0.15, -0.1) is 13.2 Å². The van der Waals surface area contributed by atoms with Crippen LogP contribution in [-0.4, -0.2) is 48.4 Å². The van der Waals surface area contributed by atoms with Crippen LogP contribution in [0.4, 0.5) is 13.2 Å². The molecule has 166 valence electrons. The van der Waals surface area contributed by atoms with E-state index in [4.69, 9.17) is 0 Å². The molecule has 0 aliphatic heterocycles. The highest BCUT2D eigenvalue weighted by Crippen LogP contribution is 2.23. The van der Waals surface area contributed by atoms with Gasteiger partial charge in [-0.3, -0.25) is 4.79 Å². The van der Waals surface area contributed by atoms with Crippen LogP contribution in [0.25, 0.3) is 11.0 Å². The zero-order valence-electron chi connectivity index (χ0n) is 16.8. The van der Waals surface area contributed by atoms with E-state index in [1.807, 2.05) is 0 Å². The number of rotatable bonds is 7. The lowest BCUT2D eigenvalue weighted by Gasteiger charge is -2.19. The number of sulfone groups is 1. The van der Waals surface area contributed by atoms with E-state index in [0.29, 0.717) is 16.6 Å². The third-order valence-corrected chi connectivity index (χ3v) is 5.20. The average molecular weight is 455 g/mol. The lowest BCUT2D eigenvalue weighted by atomic mass is 10.2. The molecule has 7 nitrogen and oxygen atoms in total. The Bertz CT molecular complexity index is 1190. The van der Waals surface area contributed by atoms with E-state index in [0.717, 1.165) is 6.26 Å².